The number of rotatable bonds is 3. The summed E-state index contributed by atoms with van der Waals surface area (Å²) >= 11 is 0. The van der Waals surface area contributed by atoms with Crippen molar-refractivity contribution < 1.29 is 0 Å². The topological polar surface area (TPSA) is 12.0 Å². The molecule has 1 aliphatic rings. The van der Waals surface area contributed by atoms with Gasteiger partial charge in [-0.1, -0.05) is 49.6 Å². The van der Waals surface area contributed by atoms with Crippen LogP contribution in [0.25, 0.3) is 0 Å². The van der Waals surface area contributed by atoms with Crippen molar-refractivity contribution in [3.8, 4) is 0 Å². The van der Waals surface area contributed by atoms with Gasteiger partial charge in [-0.05, 0) is 38.2 Å². The third kappa shape index (κ3) is 3.32. The van der Waals surface area contributed by atoms with Gasteiger partial charge in [0, 0.05) is 12.1 Å². The van der Waals surface area contributed by atoms with E-state index in [1.807, 2.05) is 0 Å². The van der Waals surface area contributed by atoms with Crippen LogP contribution < -0.4 is 5.32 Å². The van der Waals surface area contributed by atoms with E-state index in [2.05, 4.69) is 50.4 Å². The van der Waals surface area contributed by atoms with Crippen LogP contribution >= 0.6 is 0 Å². The van der Waals surface area contributed by atoms with Crippen LogP contribution in [0.2, 0.25) is 0 Å². The average molecular weight is 231 g/mol. The summed E-state index contributed by atoms with van der Waals surface area (Å²) < 4.78 is 0. The van der Waals surface area contributed by atoms with E-state index in [0.29, 0.717) is 12.1 Å². The first-order valence-electron chi connectivity index (χ1n) is 6.99. The van der Waals surface area contributed by atoms with Gasteiger partial charge in [0.15, 0.2) is 0 Å². The molecule has 1 fully saturated rings. The van der Waals surface area contributed by atoms with E-state index in [0.717, 1.165) is 5.92 Å². The minimum Gasteiger partial charge on any atom is -0.307 e. The van der Waals surface area contributed by atoms with Gasteiger partial charge in [0.25, 0.3) is 0 Å². The zero-order chi connectivity index (χ0) is 12.3. The fraction of sp³-hybridized carbons (Fsp3) is 0.625. The van der Waals surface area contributed by atoms with Crippen molar-refractivity contribution in [3.63, 3.8) is 0 Å². The minimum absolute atomic E-state index is 0.473. The Morgan fingerprint density at radius 1 is 1.24 bits per heavy atom. The lowest BCUT2D eigenvalue weighted by atomic mass is 9.85. The molecule has 0 aliphatic heterocycles. The summed E-state index contributed by atoms with van der Waals surface area (Å²) in [4.78, 5) is 0. The molecule has 1 aromatic rings. The van der Waals surface area contributed by atoms with Crippen LogP contribution in [0.4, 0.5) is 0 Å². The van der Waals surface area contributed by atoms with Gasteiger partial charge >= 0.3 is 0 Å². The van der Waals surface area contributed by atoms with Crippen LogP contribution in [0.3, 0.4) is 0 Å². The van der Waals surface area contributed by atoms with Crippen LogP contribution in [0, 0.1) is 12.8 Å². The Morgan fingerprint density at radius 2 is 2.00 bits per heavy atom. The second-order valence-electron chi connectivity index (χ2n) is 5.67. The molecule has 0 radical (unpaired) electrons. The maximum atomic E-state index is 3.81. The Bertz CT molecular complexity index is 358. The van der Waals surface area contributed by atoms with Crippen molar-refractivity contribution >= 4 is 0 Å². The summed E-state index contributed by atoms with van der Waals surface area (Å²) in [7, 11) is 0. The Morgan fingerprint density at radius 3 is 2.71 bits per heavy atom. The normalized spacial score (nSPS) is 26.8. The van der Waals surface area contributed by atoms with Crippen molar-refractivity contribution in [1.29, 1.82) is 0 Å². The Hall–Kier alpha value is -0.820. The van der Waals surface area contributed by atoms with Gasteiger partial charge in [0.05, 0.1) is 0 Å². The first-order chi connectivity index (χ1) is 8.16. The lowest BCUT2D eigenvalue weighted by molar-refractivity contribution is 0.263. The van der Waals surface area contributed by atoms with Crippen LogP contribution in [0.1, 0.15) is 56.7 Å². The molecule has 1 N–H and O–H groups in total. The van der Waals surface area contributed by atoms with Crippen LogP contribution in [-0.4, -0.2) is 6.04 Å². The van der Waals surface area contributed by atoms with E-state index in [1.54, 1.807) is 0 Å². The molecule has 0 heterocycles. The molecule has 0 spiro atoms. The molecule has 17 heavy (non-hydrogen) atoms. The zero-order valence-corrected chi connectivity index (χ0v) is 11.4. The van der Waals surface area contributed by atoms with Gasteiger partial charge in [-0.3, -0.25) is 0 Å². The second kappa shape index (κ2) is 5.68. The predicted octanol–water partition coefficient (Wildman–Crippen LogP) is 4.22. The van der Waals surface area contributed by atoms with Gasteiger partial charge in [0.1, 0.15) is 0 Å². The Labute approximate surface area is 106 Å². The fourth-order valence-electron chi connectivity index (χ4n) is 2.92. The smallest absolute Gasteiger partial charge is 0.0294 e. The molecule has 3 atom stereocenters. The quantitative estimate of drug-likeness (QED) is 0.821. The van der Waals surface area contributed by atoms with E-state index in [-0.39, 0.29) is 0 Å². The highest BCUT2D eigenvalue weighted by Crippen LogP contribution is 2.26. The maximum absolute atomic E-state index is 3.81. The van der Waals surface area contributed by atoms with Gasteiger partial charge in [-0.2, -0.15) is 0 Å². The molecule has 0 aromatic heterocycles. The highest BCUT2D eigenvalue weighted by molar-refractivity contribution is 5.24. The zero-order valence-electron chi connectivity index (χ0n) is 11.4. The molecular weight excluding hydrogens is 206 g/mol. The van der Waals surface area contributed by atoms with E-state index in [9.17, 15) is 0 Å². The number of hydrogen-bond acceptors (Lipinski definition) is 1. The molecule has 0 amide bonds. The average Bonchev–Trinajstić information content (AvgIpc) is 2.32. The molecule has 0 saturated heterocycles. The standard InChI is InChI=1S/C16H25N/c1-12-7-6-9-15(11-12)14(3)17-16-10-5-4-8-13(16)2/h6-7,9,11,13-14,16-17H,4-5,8,10H2,1-3H3. The van der Waals surface area contributed by atoms with Gasteiger partial charge in [-0.15, -0.1) is 0 Å². The third-order valence-electron chi connectivity index (χ3n) is 4.12. The number of benzene rings is 1. The second-order valence-corrected chi connectivity index (χ2v) is 5.67. The summed E-state index contributed by atoms with van der Waals surface area (Å²) in [6, 6.07) is 10.0. The maximum Gasteiger partial charge on any atom is 0.0294 e. The van der Waals surface area contributed by atoms with Gasteiger partial charge in [-0.25, -0.2) is 0 Å². The van der Waals surface area contributed by atoms with E-state index in [1.165, 1.54) is 36.8 Å². The van der Waals surface area contributed by atoms with Gasteiger partial charge < -0.3 is 5.32 Å². The van der Waals surface area contributed by atoms with Crippen LogP contribution in [-0.2, 0) is 0 Å². The highest BCUT2D eigenvalue weighted by atomic mass is 15.0. The summed E-state index contributed by atoms with van der Waals surface area (Å²) in [6.07, 6.45) is 5.54. The number of nitrogens with one attached hydrogen (secondary N) is 1. The highest BCUT2D eigenvalue weighted by Gasteiger charge is 2.22. The summed E-state index contributed by atoms with van der Waals surface area (Å²) in [5.41, 5.74) is 2.77. The summed E-state index contributed by atoms with van der Waals surface area (Å²) in [6.45, 7) is 6.84. The molecule has 1 aromatic carbocycles. The summed E-state index contributed by atoms with van der Waals surface area (Å²) in [5, 5.41) is 3.81. The summed E-state index contributed by atoms with van der Waals surface area (Å²) in [5.74, 6) is 0.830. The Balaban J connectivity index is 1.98. The molecule has 1 nitrogen and oxygen atoms in total. The lowest BCUT2D eigenvalue weighted by Crippen LogP contribution is -2.38. The van der Waals surface area contributed by atoms with Crippen molar-refractivity contribution in [2.45, 2.75) is 58.5 Å². The minimum atomic E-state index is 0.473. The molecule has 1 aliphatic carbocycles. The van der Waals surface area contributed by atoms with E-state index >= 15 is 0 Å². The Kier molecular flexibility index (Phi) is 4.22. The first-order valence-corrected chi connectivity index (χ1v) is 6.99. The van der Waals surface area contributed by atoms with Crippen LogP contribution in [0.5, 0.6) is 0 Å². The van der Waals surface area contributed by atoms with Crippen molar-refractivity contribution in [2.75, 3.05) is 0 Å². The molecule has 0 bridgehead atoms. The van der Waals surface area contributed by atoms with Crippen LogP contribution in [0.15, 0.2) is 24.3 Å². The van der Waals surface area contributed by atoms with Crippen molar-refractivity contribution in [1.82, 2.24) is 5.32 Å². The number of aryl methyl sites for hydroxylation is 1. The molecule has 1 saturated carbocycles. The van der Waals surface area contributed by atoms with Gasteiger partial charge in [0.2, 0.25) is 0 Å². The SMILES string of the molecule is Cc1cccc(C(C)NC2CCCCC2C)c1. The van der Waals surface area contributed by atoms with Crippen molar-refractivity contribution in [3.05, 3.63) is 35.4 Å². The lowest BCUT2D eigenvalue weighted by Gasteiger charge is -2.32. The molecule has 2 rings (SSSR count). The van der Waals surface area contributed by atoms with E-state index in [4.69, 9.17) is 0 Å². The largest absolute Gasteiger partial charge is 0.307 e. The van der Waals surface area contributed by atoms with Crippen molar-refractivity contribution in [2.24, 2.45) is 5.92 Å². The monoisotopic (exact) mass is 231 g/mol. The van der Waals surface area contributed by atoms with E-state index < -0.39 is 0 Å². The number of hydrogen-bond donors (Lipinski definition) is 1. The fourth-order valence-corrected chi connectivity index (χ4v) is 2.92. The third-order valence-corrected chi connectivity index (χ3v) is 4.12. The molecule has 94 valence electrons. The molecular formula is C16H25N. The molecule has 3 unspecified atom stereocenters. The predicted molar refractivity (Wildman–Crippen MR) is 74.1 cm³/mol. The molecule has 1 heteroatoms. The first kappa shape index (κ1) is 12.6.